The number of nitrogens with zero attached hydrogens (tertiary/aromatic N) is 2. The average Bonchev–Trinajstić information content (AvgIpc) is 2.79. The number of hydrogen-bond donors (Lipinski definition) is 0. The van der Waals surface area contributed by atoms with Crippen LogP contribution in [0.25, 0.3) is 5.69 Å². The van der Waals surface area contributed by atoms with E-state index < -0.39 is 15.7 Å². The summed E-state index contributed by atoms with van der Waals surface area (Å²) in [7, 11) is -4.30. The van der Waals surface area contributed by atoms with Crippen molar-refractivity contribution in [1.29, 1.82) is 0 Å². The molecule has 0 unspecified atom stereocenters. The molecule has 0 N–H and O–H groups in total. The van der Waals surface area contributed by atoms with Crippen molar-refractivity contribution in [3.8, 4) is 17.3 Å². The Bertz CT molecular complexity index is 1430. The third kappa shape index (κ3) is 6.02. The lowest BCUT2D eigenvalue weighted by Gasteiger charge is -2.22. The van der Waals surface area contributed by atoms with E-state index in [9.17, 15) is 13.2 Å². The number of aryl methyl sites for hydroxylation is 1. The van der Waals surface area contributed by atoms with E-state index in [4.69, 9.17) is 20.5 Å². The molecule has 0 aliphatic heterocycles. The lowest BCUT2D eigenvalue weighted by molar-refractivity contribution is 0.340. The van der Waals surface area contributed by atoms with Gasteiger partial charge in [0.15, 0.2) is 0 Å². The molecule has 0 spiro atoms. The van der Waals surface area contributed by atoms with Crippen molar-refractivity contribution in [2.75, 3.05) is 6.61 Å². The zero-order valence-electron chi connectivity index (χ0n) is 22.6. The summed E-state index contributed by atoms with van der Waals surface area (Å²) in [4.78, 5) is 17.6. The molecule has 0 bridgehead atoms. The third-order valence-electron chi connectivity index (χ3n) is 6.07. The van der Waals surface area contributed by atoms with Gasteiger partial charge in [0.05, 0.1) is 18.4 Å². The molecular formula is C28H35ClN2O5S. The summed E-state index contributed by atoms with van der Waals surface area (Å²) in [5.74, 6) is 0.463. The zero-order chi connectivity index (χ0) is 27.7. The molecule has 7 nitrogen and oxygen atoms in total. The molecule has 0 atom stereocenters. The minimum Gasteiger partial charge on any atom is -0.492 e. The molecule has 1 heterocycles. The van der Waals surface area contributed by atoms with Crippen LogP contribution in [0.3, 0.4) is 0 Å². The summed E-state index contributed by atoms with van der Waals surface area (Å²) in [6.07, 6.45) is 0. The van der Waals surface area contributed by atoms with Crippen LogP contribution in [-0.2, 0) is 10.1 Å². The van der Waals surface area contributed by atoms with Gasteiger partial charge in [0.25, 0.3) is 5.56 Å². The molecule has 3 rings (SSSR count). The molecule has 0 saturated heterocycles. The predicted molar refractivity (Wildman–Crippen MR) is 147 cm³/mol. The first kappa shape index (κ1) is 28.7. The number of rotatable bonds is 9. The maximum atomic E-state index is 13.7. The van der Waals surface area contributed by atoms with Crippen molar-refractivity contribution in [1.82, 2.24) is 9.55 Å². The first-order valence-corrected chi connectivity index (χ1v) is 14.2. The van der Waals surface area contributed by atoms with Crippen molar-refractivity contribution < 1.29 is 17.3 Å². The minimum atomic E-state index is -4.30. The quantitative estimate of drug-likeness (QED) is 0.276. The Morgan fingerprint density at radius 1 is 0.973 bits per heavy atom. The highest BCUT2D eigenvalue weighted by Gasteiger charge is 2.29. The second-order valence-corrected chi connectivity index (χ2v) is 11.7. The Morgan fingerprint density at radius 3 is 2.05 bits per heavy atom. The van der Waals surface area contributed by atoms with Crippen LogP contribution in [0, 0.1) is 6.92 Å². The maximum Gasteiger partial charge on any atom is 0.341 e. The number of benzene rings is 2. The molecule has 0 aliphatic rings. The molecule has 1 aromatic heterocycles. The van der Waals surface area contributed by atoms with Crippen LogP contribution >= 0.6 is 11.6 Å². The summed E-state index contributed by atoms with van der Waals surface area (Å²) in [5, 5.41) is 0.256. The van der Waals surface area contributed by atoms with E-state index in [1.807, 2.05) is 46.8 Å². The Morgan fingerprint density at radius 2 is 1.57 bits per heavy atom. The van der Waals surface area contributed by atoms with E-state index in [1.54, 1.807) is 25.1 Å². The molecule has 200 valence electrons. The van der Waals surface area contributed by atoms with Gasteiger partial charge in [0.1, 0.15) is 21.5 Å². The van der Waals surface area contributed by atoms with Gasteiger partial charge in [0, 0.05) is 0 Å². The van der Waals surface area contributed by atoms with Gasteiger partial charge in [-0.15, -0.1) is 0 Å². The van der Waals surface area contributed by atoms with E-state index in [2.05, 4.69) is 18.8 Å². The standard InChI is InChI=1S/C28H35ClN2O5S/c1-9-35-24-12-10-11-23(27(24)29)31-19(8)30-25(15-26(31)32)36-37(33,34)28-21(17(4)5)13-20(16(2)3)14-22(28)18(6)7/h10-18H,9H2,1-8H3. The smallest absolute Gasteiger partial charge is 0.341 e. The van der Waals surface area contributed by atoms with Crippen LogP contribution in [0.4, 0.5) is 0 Å². The van der Waals surface area contributed by atoms with Crippen LogP contribution in [-0.4, -0.2) is 24.6 Å². The molecule has 0 fully saturated rings. The van der Waals surface area contributed by atoms with Gasteiger partial charge in [-0.2, -0.15) is 13.4 Å². The summed E-state index contributed by atoms with van der Waals surface area (Å²) < 4.78 is 39.7. The van der Waals surface area contributed by atoms with Crippen molar-refractivity contribution in [2.45, 2.75) is 78.0 Å². The van der Waals surface area contributed by atoms with Gasteiger partial charge in [0.2, 0.25) is 5.88 Å². The number of aromatic nitrogens is 2. The Balaban J connectivity index is 2.13. The molecule has 0 amide bonds. The molecule has 3 aromatic rings. The summed E-state index contributed by atoms with van der Waals surface area (Å²) in [6.45, 7) is 15.8. The molecular weight excluding hydrogens is 512 g/mol. The Kier molecular flexibility index (Phi) is 8.75. The summed E-state index contributed by atoms with van der Waals surface area (Å²) in [5.41, 5.74) is 2.27. The number of hydrogen-bond acceptors (Lipinski definition) is 6. The van der Waals surface area contributed by atoms with Crippen molar-refractivity contribution >= 4 is 21.7 Å². The SMILES string of the molecule is CCOc1cccc(-n2c(C)nc(OS(=O)(=O)c3c(C(C)C)cc(C(C)C)cc3C(C)C)cc2=O)c1Cl. The highest BCUT2D eigenvalue weighted by molar-refractivity contribution is 7.87. The van der Waals surface area contributed by atoms with Crippen LogP contribution in [0.15, 0.2) is 46.1 Å². The van der Waals surface area contributed by atoms with E-state index in [0.29, 0.717) is 29.2 Å². The van der Waals surface area contributed by atoms with E-state index in [1.165, 1.54) is 4.57 Å². The molecule has 0 radical (unpaired) electrons. The van der Waals surface area contributed by atoms with Crippen LogP contribution in [0.1, 0.15) is 88.7 Å². The highest BCUT2D eigenvalue weighted by Crippen LogP contribution is 2.36. The normalized spacial score (nSPS) is 12.0. The van der Waals surface area contributed by atoms with Crippen molar-refractivity contribution in [2.24, 2.45) is 0 Å². The molecule has 9 heteroatoms. The summed E-state index contributed by atoms with van der Waals surface area (Å²) in [6, 6.07) is 10.0. The minimum absolute atomic E-state index is 0.0629. The lowest BCUT2D eigenvalue weighted by atomic mass is 9.89. The second-order valence-electron chi connectivity index (χ2n) is 9.87. The van der Waals surface area contributed by atoms with Gasteiger partial charge in [-0.3, -0.25) is 9.36 Å². The van der Waals surface area contributed by atoms with Gasteiger partial charge < -0.3 is 8.92 Å². The van der Waals surface area contributed by atoms with Crippen molar-refractivity contribution in [3.05, 3.63) is 74.3 Å². The summed E-state index contributed by atoms with van der Waals surface area (Å²) >= 11 is 6.48. The van der Waals surface area contributed by atoms with Crippen molar-refractivity contribution in [3.63, 3.8) is 0 Å². The second kappa shape index (κ2) is 11.3. The fourth-order valence-electron chi connectivity index (χ4n) is 4.18. The highest BCUT2D eigenvalue weighted by atomic mass is 35.5. The Labute approximate surface area is 224 Å². The fraction of sp³-hybridized carbons (Fsp3) is 0.429. The van der Waals surface area contributed by atoms with Crippen LogP contribution in [0.5, 0.6) is 11.6 Å². The van der Waals surface area contributed by atoms with E-state index in [-0.39, 0.29) is 39.4 Å². The fourth-order valence-corrected chi connectivity index (χ4v) is 6.00. The Hall–Kier alpha value is -2.84. The average molecular weight is 547 g/mol. The number of ether oxygens (including phenoxy) is 1. The van der Waals surface area contributed by atoms with Crippen LogP contribution < -0.4 is 14.5 Å². The van der Waals surface area contributed by atoms with Gasteiger partial charge >= 0.3 is 10.1 Å². The predicted octanol–water partition coefficient (Wildman–Crippen LogP) is 6.73. The molecule has 0 saturated carbocycles. The first-order chi connectivity index (χ1) is 17.3. The van der Waals surface area contributed by atoms with Gasteiger partial charge in [-0.05, 0) is 60.4 Å². The molecule has 2 aromatic carbocycles. The molecule has 0 aliphatic carbocycles. The molecule has 37 heavy (non-hydrogen) atoms. The lowest BCUT2D eigenvalue weighted by Crippen LogP contribution is -2.24. The van der Waals surface area contributed by atoms with Gasteiger partial charge in [-0.25, -0.2) is 0 Å². The topological polar surface area (TPSA) is 87.5 Å². The largest absolute Gasteiger partial charge is 0.492 e. The maximum absolute atomic E-state index is 13.7. The number of halogens is 1. The monoisotopic (exact) mass is 546 g/mol. The van der Waals surface area contributed by atoms with E-state index >= 15 is 0 Å². The van der Waals surface area contributed by atoms with Gasteiger partial charge in [-0.1, -0.05) is 71.3 Å². The zero-order valence-corrected chi connectivity index (χ0v) is 24.2. The first-order valence-electron chi connectivity index (χ1n) is 12.4. The van der Waals surface area contributed by atoms with E-state index in [0.717, 1.165) is 11.6 Å². The third-order valence-corrected chi connectivity index (χ3v) is 7.81. The van der Waals surface area contributed by atoms with Crippen LogP contribution in [0.2, 0.25) is 5.02 Å².